The summed E-state index contributed by atoms with van der Waals surface area (Å²) < 4.78 is 30.3. The van der Waals surface area contributed by atoms with Gasteiger partial charge in [-0.05, 0) is 6.92 Å². The molecule has 0 atom stereocenters. The highest BCUT2D eigenvalue weighted by atomic mass is 19.1. The fraction of sp³-hybridized carbons (Fsp3) is 0.222. The van der Waals surface area contributed by atoms with Gasteiger partial charge < -0.3 is 14.6 Å². The van der Waals surface area contributed by atoms with E-state index in [2.05, 4.69) is 4.74 Å². The van der Waals surface area contributed by atoms with Crippen LogP contribution in [0.2, 0.25) is 0 Å². The van der Waals surface area contributed by atoms with Crippen molar-refractivity contribution in [3.05, 3.63) is 29.3 Å². The number of rotatable bonds is 3. The maximum atomic E-state index is 12.9. The molecule has 3 nitrogen and oxygen atoms in total. The first-order valence-corrected chi connectivity index (χ1v) is 3.79. The smallest absolute Gasteiger partial charge is 0.132 e. The predicted molar refractivity (Wildman–Crippen MR) is 41.6 cm³/mol. The van der Waals surface area contributed by atoms with Gasteiger partial charge in [0.15, 0.2) is 0 Å². The first-order chi connectivity index (χ1) is 6.50. The molecule has 0 fully saturated rings. The number of halogens is 2. The number of aliphatic carboxylic acids is 1. The molecule has 14 heavy (non-hydrogen) atoms. The van der Waals surface area contributed by atoms with E-state index < -0.39 is 24.2 Å². The van der Waals surface area contributed by atoms with Crippen molar-refractivity contribution in [1.82, 2.24) is 0 Å². The molecule has 76 valence electrons. The zero-order chi connectivity index (χ0) is 10.7. The number of hydrogen-bond donors (Lipinski definition) is 0. The number of benzene rings is 1. The lowest BCUT2D eigenvalue weighted by molar-refractivity contribution is -0.307. The second-order valence-electron chi connectivity index (χ2n) is 2.67. The number of carboxylic acids is 1. The summed E-state index contributed by atoms with van der Waals surface area (Å²) in [5.74, 6) is -3.18. The van der Waals surface area contributed by atoms with Crippen LogP contribution in [0.5, 0.6) is 5.75 Å². The summed E-state index contributed by atoms with van der Waals surface area (Å²) in [6.45, 7) is 0.537. The molecule has 1 aromatic carbocycles. The first kappa shape index (κ1) is 10.4. The minimum atomic E-state index is -1.45. The topological polar surface area (TPSA) is 49.4 Å². The number of carbonyl (C=O) groups excluding carboxylic acids is 1. The number of carbonyl (C=O) groups is 1. The van der Waals surface area contributed by atoms with Crippen LogP contribution in [0, 0.1) is 18.6 Å². The lowest BCUT2D eigenvalue weighted by atomic mass is 10.2. The lowest BCUT2D eigenvalue weighted by Crippen LogP contribution is -2.29. The van der Waals surface area contributed by atoms with Gasteiger partial charge in [-0.25, -0.2) is 8.78 Å². The Hall–Kier alpha value is -1.65. The summed E-state index contributed by atoms with van der Waals surface area (Å²) in [5, 5.41) is 9.99. The van der Waals surface area contributed by atoms with Crippen LogP contribution in [0.1, 0.15) is 5.56 Å². The van der Waals surface area contributed by atoms with Crippen molar-refractivity contribution >= 4 is 5.97 Å². The minimum Gasteiger partial charge on any atom is -0.546 e. The summed E-state index contributed by atoms with van der Waals surface area (Å²) >= 11 is 0. The molecule has 0 N–H and O–H groups in total. The molecule has 5 heteroatoms. The lowest BCUT2D eigenvalue weighted by Gasteiger charge is -2.07. The zero-order valence-corrected chi connectivity index (χ0v) is 7.34. The molecule has 1 aromatic rings. The summed E-state index contributed by atoms with van der Waals surface area (Å²) in [4.78, 5) is 9.99. The van der Waals surface area contributed by atoms with Crippen molar-refractivity contribution in [3.8, 4) is 5.75 Å². The van der Waals surface area contributed by atoms with Gasteiger partial charge in [0.2, 0.25) is 0 Å². The molecule has 0 aliphatic heterocycles. The summed E-state index contributed by atoms with van der Waals surface area (Å²) in [6, 6.07) is 1.84. The van der Waals surface area contributed by atoms with Gasteiger partial charge in [0.25, 0.3) is 0 Å². The average molecular weight is 201 g/mol. The SMILES string of the molecule is Cc1c(F)cc(OCC(=O)[O-])cc1F. The average Bonchev–Trinajstić information content (AvgIpc) is 2.10. The molecule has 0 unspecified atom stereocenters. The largest absolute Gasteiger partial charge is 0.546 e. The molecule has 1 rings (SSSR count). The quantitative estimate of drug-likeness (QED) is 0.711. The van der Waals surface area contributed by atoms with Crippen molar-refractivity contribution in [2.45, 2.75) is 6.92 Å². The van der Waals surface area contributed by atoms with E-state index >= 15 is 0 Å². The Morgan fingerprint density at radius 3 is 2.36 bits per heavy atom. The van der Waals surface area contributed by atoms with Gasteiger partial charge in [0, 0.05) is 17.7 Å². The van der Waals surface area contributed by atoms with Crippen LogP contribution in [-0.2, 0) is 4.79 Å². The van der Waals surface area contributed by atoms with Crippen molar-refractivity contribution in [1.29, 1.82) is 0 Å². The summed E-state index contributed by atoms with van der Waals surface area (Å²) in [6.07, 6.45) is 0. The third kappa shape index (κ3) is 2.42. The minimum absolute atomic E-state index is 0.134. The Balaban J connectivity index is 2.84. The fourth-order valence-electron chi connectivity index (χ4n) is 0.848. The van der Waals surface area contributed by atoms with Gasteiger partial charge in [0.05, 0.1) is 5.97 Å². The van der Waals surface area contributed by atoms with Crippen molar-refractivity contribution in [2.75, 3.05) is 6.61 Å². The maximum absolute atomic E-state index is 12.9. The van der Waals surface area contributed by atoms with Gasteiger partial charge in [-0.15, -0.1) is 0 Å². The van der Waals surface area contributed by atoms with Gasteiger partial charge in [-0.3, -0.25) is 0 Å². The maximum Gasteiger partial charge on any atom is 0.132 e. The molecule has 0 saturated heterocycles. The van der Waals surface area contributed by atoms with Crippen LogP contribution in [0.15, 0.2) is 12.1 Å². The van der Waals surface area contributed by atoms with E-state index in [1.165, 1.54) is 6.92 Å². The van der Waals surface area contributed by atoms with Crippen LogP contribution in [-0.4, -0.2) is 12.6 Å². The Morgan fingerprint density at radius 2 is 1.93 bits per heavy atom. The summed E-state index contributed by atoms with van der Waals surface area (Å²) in [7, 11) is 0. The monoisotopic (exact) mass is 201 g/mol. The highest BCUT2D eigenvalue weighted by molar-refractivity contribution is 5.66. The number of hydrogen-bond acceptors (Lipinski definition) is 3. The molecule has 0 aliphatic rings. The van der Waals surface area contributed by atoms with E-state index in [1.54, 1.807) is 0 Å². The van der Waals surface area contributed by atoms with Crippen LogP contribution in [0.25, 0.3) is 0 Å². The number of ether oxygens (including phenoxy) is 1. The van der Waals surface area contributed by atoms with E-state index in [0.717, 1.165) is 12.1 Å². The first-order valence-electron chi connectivity index (χ1n) is 3.79. The van der Waals surface area contributed by atoms with E-state index in [-0.39, 0.29) is 11.3 Å². The van der Waals surface area contributed by atoms with Crippen molar-refractivity contribution in [2.24, 2.45) is 0 Å². The number of carboxylic acid groups (broad SMARTS) is 1. The van der Waals surface area contributed by atoms with Gasteiger partial charge >= 0.3 is 0 Å². The predicted octanol–water partition coefficient (Wildman–Crippen LogP) is 0.402. The van der Waals surface area contributed by atoms with E-state index in [9.17, 15) is 18.7 Å². The molecule has 0 spiro atoms. The zero-order valence-electron chi connectivity index (χ0n) is 7.34. The van der Waals surface area contributed by atoms with Gasteiger partial charge in [-0.2, -0.15) is 0 Å². The van der Waals surface area contributed by atoms with Crippen molar-refractivity contribution in [3.63, 3.8) is 0 Å². The molecule has 0 heterocycles. The molecule has 0 aliphatic carbocycles. The van der Waals surface area contributed by atoms with E-state index in [1.807, 2.05) is 0 Å². The molecule has 0 radical (unpaired) electrons. The molecular formula is C9H7F2O3-. The third-order valence-corrected chi connectivity index (χ3v) is 1.61. The van der Waals surface area contributed by atoms with Crippen LogP contribution in [0.3, 0.4) is 0 Å². The Labute approximate surface area is 78.9 Å². The molecule has 0 aromatic heterocycles. The fourth-order valence-corrected chi connectivity index (χ4v) is 0.848. The van der Waals surface area contributed by atoms with Crippen LogP contribution in [0.4, 0.5) is 8.78 Å². The normalized spacial score (nSPS) is 9.93. The second-order valence-corrected chi connectivity index (χ2v) is 2.67. The third-order valence-electron chi connectivity index (χ3n) is 1.61. The van der Waals surface area contributed by atoms with Gasteiger partial charge in [-0.1, -0.05) is 0 Å². The van der Waals surface area contributed by atoms with E-state index in [0.29, 0.717) is 0 Å². The highest BCUT2D eigenvalue weighted by Gasteiger charge is 2.07. The highest BCUT2D eigenvalue weighted by Crippen LogP contribution is 2.19. The molecule has 0 bridgehead atoms. The van der Waals surface area contributed by atoms with Crippen LogP contribution < -0.4 is 9.84 Å². The molecule has 0 saturated carbocycles. The Kier molecular flexibility index (Phi) is 3.01. The van der Waals surface area contributed by atoms with E-state index in [4.69, 9.17) is 0 Å². The summed E-state index contributed by atoms with van der Waals surface area (Å²) in [5.41, 5.74) is -0.134. The van der Waals surface area contributed by atoms with Gasteiger partial charge in [0.1, 0.15) is 24.0 Å². The Bertz CT molecular complexity index is 340. The second kappa shape index (κ2) is 4.04. The Morgan fingerprint density at radius 1 is 1.43 bits per heavy atom. The molecular weight excluding hydrogens is 194 g/mol. The van der Waals surface area contributed by atoms with Crippen molar-refractivity contribution < 1.29 is 23.4 Å². The van der Waals surface area contributed by atoms with Crippen LogP contribution >= 0.6 is 0 Å². The standard InChI is InChI=1S/C9H8F2O3/c1-5-7(10)2-6(3-8(5)11)14-4-9(12)13/h2-3H,4H2,1H3,(H,12,13)/p-1. The molecule has 0 amide bonds.